The van der Waals surface area contributed by atoms with E-state index in [1.165, 1.54) is 24.8 Å². The van der Waals surface area contributed by atoms with E-state index in [0.29, 0.717) is 12.5 Å². The van der Waals surface area contributed by atoms with Gasteiger partial charge in [-0.3, -0.25) is 9.69 Å². The number of piperidine rings is 1. The lowest BCUT2D eigenvalue weighted by molar-refractivity contribution is -0.128. The highest BCUT2D eigenvalue weighted by atomic mass is 35.5. The fraction of sp³-hybridized carbons (Fsp3) is 0.611. The zero-order chi connectivity index (χ0) is 15.4. The standard InChI is InChI=1S/C18H27N3O.2ClH/c19-16(15-9-10-15)12-20-18(22)17-8-4-5-11-21(17)13-14-6-2-1-3-7-14;;/h1-3,6-7,15-17H,4-5,8-13,19H2,(H,20,22);2*1H. The van der Waals surface area contributed by atoms with Crippen molar-refractivity contribution in [3.05, 3.63) is 35.9 Å². The molecule has 2 aliphatic rings. The van der Waals surface area contributed by atoms with Gasteiger partial charge in [0.05, 0.1) is 6.04 Å². The fourth-order valence-electron chi connectivity index (χ4n) is 3.32. The number of nitrogens with two attached hydrogens (primary N) is 1. The molecule has 1 aliphatic heterocycles. The molecule has 0 radical (unpaired) electrons. The van der Waals surface area contributed by atoms with Crippen LogP contribution in [0.4, 0.5) is 0 Å². The number of hydrogen-bond acceptors (Lipinski definition) is 3. The van der Waals surface area contributed by atoms with Gasteiger partial charge in [-0.25, -0.2) is 0 Å². The molecule has 24 heavy (non-hydrogen) atoms. The van der Waals surface area contributed by atoms with E-state index >= 15 is 0 Å². The molecule has 6 heteroatoms. The van der Waals surface area contributed by atoms with Gasteiger partial charge < -0.3 is 11.1 Å². The third kappa shape index (κ3) is 5.92. The van der Waals surface area contributed by atoms with Crippen molar-refractivity contribution in [2.45, 2.75) is 50.7 Å². The number of likely N-dealkylation sites (tertiary alicyclic amines) is 1. The van der Waals surface area contributed by atoms with Crippen LogP contribution < -0.4 is 11.1 Å². The van der Waals surface area contributed by atoms with Gasteiger partial charge in [0.25, 0.3) is 0 Å². The zero-order valence-corrected chi connectivity index (χ0v) is 15.7. The third-order valence-electron chi connectivity index (χ3n) is 4.88. The minimum Gasteiger partial charge on any atom is -0.353 e. The summed E-state index contributed by atoms with van der Waals surface area (Å²) in [4.78, 5) is 14.9. The monoisotopic (exact) mass is 373 g/mol. The molecule has 136 valence electrons. The van der Waals surface area contributed by atoms with Crippen molar-refractivity contribution in [2.24, 2.45) is 11.7 Å². The second-order valence-electron chi connectivity index (χ2n) is 6.71. The molecule has 1 heterocycles. The molecule has 1 saturated heterocycles. The molecule has 2 fully saturated rings. The van der Waals surface area contributed by atoms with Gasteiger partial charge in [0.1, 0.15) is 0 Å². The van der Waals surface area contributed by atoms with Crippen molar-refractivity contribution in [2.75, 3.05) is 13.1 Å². The minimum absolute atomic E-state index is 0. The average Bonchev–Trinajstić information content (AvgIpc) is 3.39. The van der Waals surface area contributed by atoms with Crippen LogP contribution in [-0.2, 0) is 11.3 Å². The van der Waals surface area contributed by atoms with Crippen LogP contribution in [0.1, 0.15) is 37.7 Å². The maximum atomic E-state index is 12.5. The van der Waals surface area contributed by atoms with E-state index in [-0.39, 0.29) is 42.8 Å². The molecular weight excluding hydrogens is 345 g/mol. The summed E-state index contributed by atoms with van der Waals surface area (Å²) in [5.74, 6) is 0.791. The van der Waals surface area contributed by atoms with Crippen molar-refractivity contribution in [3.8, 4) is 0 Å². The van der Waals surface area contributed by atoms with Crippen LogP contribution in [0.25, 0.3) is 0 Å². The number of hydrogen-bond donors (Lipinski definition) is 2. The smallest absolute Gasteiger partial charge is 0.237 e. The Morgan fingerprint density at radius 2 is 1.88 bits per heavy atom. The molecule has 0 spiro atoms. The van der Waals surface area contributed by atoms with E-state index in [1.54, 1.807) is 0 Å². The van der Waals surface area contributed by atoms with E-state index in [2.05, 4.69) is 34.5 Å². The number of nitrogens with zero attached hydrogens (tertiary/aromatic N) is 1. The normalized spacial score (nSPS) is 22.0. The topological polar surface area (TPSA) is 58.4 Å². The van der Waals surface area contributed by atoms with Crippen molar-refractivity contribution in [1.82, 2.24) is 10.2 Å². The largest absolute Gasteiger partial charge is 0.353 e. The molecule has 1 saturated carbocycles. The molecule has 1 aliphatic carbocycles. The molecule has 2 unspecified atom stereocenters. The minimum atomic E-state index is 0. The molecule has 1 aromatic rings. The van der Waals surface area contributed by atoms with Gasteiger partial charge in [0, 0.05) is 19.1 Å². The summed E-state index contributed by atoms with van der Waals surface area (Å²) in [6.07, 6.45) is 5.72. The number of halogens is 2. The van der Waals surface area contributed by atoms with E-state index in [1.807, 2.05) is 6.07 Å². The molecule has 3 N–H and O–H groups in total. The highest BCUT2D eigenvalue weighted by Gasteiger charge is 2.31. The number of amides is 1. The summed E-state index contributed by atoms with van der Waals surface area (Å²) in [6, 6.07) is 10.5. The second-order valence-corrected chi connectivity index (χ2v) is 6.71. The average molecular weight is 374 g/mol. The van der Waals surface area contributed by atoms with Gasteiger partial charge in [-0.1, -0.05) is 36.8 Å². The lowest BCUT2D eigenvalue weighted by Gasteiger charge is -2.35. The molecule has 2 atom stereocenters. The molecule has 0 bridgehead atoms. The maximum absolute atomic E-state index is 12.5. The fourth-order valence-corrected chi connectivity index (χ4v) is 3.32. The number of carbonyl (C=O) groups is 1. The van der Waals surface area contributed by atoms with E-state index in [9.17, 15) is 4.79 Å². The lowest BCUT2D eigenvalue weighted by atomic mass is 10.00. The van der Waals surface area contributed by atoms with Crippen molar-refractivity contribution in [1.29, 1.82) is 0 Å². The summed E-state index contributed by atoms with van der Waals surface area (Å²) in [6.45, 7) is 2.48. The predicted molar refractivity (Wildman–Crippen MR) is 103 cm³/mol. The van der Waals surface area contributed by atoms with Crippen LogP contribution in [0.3, 0.4) is 0 Å². The summed E-state index contributed by atoms with van der Waals surface area (Å²) in [5.41, 5.74) is 7.36. The van der Waals surface area contributed by atoms with Crippen LogP contribution in [-0.4, -0.2) is 36.0 Å². The first-order chi connectivity index (χ1) is 10.7. The summed E-state index contributed by atoms with van der Waals surface area (Å²) in [7, 11) is 0. The Kier molecular flexibility index (Phi) is 9.06. The Bertz CT molecular complexity index is 496. The molecule has 3 rings (SSSR count). The molecule has 1 amide bonds. The summed E-state index contributed by atoms with van der Waals surface area (Å²) >= 11 is 0. The first kappa shape index (κ1) is 21.2. The Morgan fingerprint density at radius 3 is 2.54 bits per heavy atom. The van der Waals surface area contributed by atoms with E-state index < -0.39 is 0 Å². The first-order valence-electron chi connectivity index (χ1n) is 8.55. The number of rotatable bonds is 6. The van der Waals surface area contributed by atoms with Crippen LogP contribution in [0.2, 0.25) is 0 Å². The molecule has 4 nitrogen and oxygen atoms in total. The predicted octanol–water partition coefficient (Wildman–Crippen LogP) is 2.74. The van der Waals surface area contributed by atoms with Gasteiger partial charge in [0.2, 0.25) is 5.91 Å². The lowest BCUT2D eigenvalue weighted by Crippen LogP contribution is -2.51. The molecular formula is C18H29Cl2N3O. The third-order valence-corrected chi connectivity index (χ3v) is 4.88. The van der Waals surface area contributed by atoms with Crippen LogP contribution in [0, 0.1) is 5.92 Å². The van der Waals surface area contributed by atoms with Crippen molar-refractivity contribution < 1.29 is 4.79 Å². The highest BCUT2D eigenvalue weighted by molar-refractivity contribution is 5.85. The molecule has 0 aromatic heterocycles. The summed E-state index contributed by atoms with van der Waals surface area (Å²) < 4.78 is 0. The number of nitrogens with one attached hydrogen (secondary N) is 1. The number of carbonyl (C=O) groups excluding carboxylic acids is 1. The van der Waals surface area contributed by atoms with Crippen LogP contribution >= 0.6 is 24.8 Å². The SMILES string of the molecule is Cl.Cl.NC(CNC(=O)C1CCCCN1Cc1ccccc1)C1CC1. The Balaban J connectivity index is 0.00000144. The Hall–Kier alpha value is -0.810. The Labute approximate surface area is 157 Å². The quantitative estimate of drug-likeness (QED) is 0.805. The second kappa shape index (κ2) is 10.2. The summed E-state index contributed by atoms with van der Waals surface area (Å²) in [5, 5.41) is 3.08. The maximum Gasteiger partial charge on any atom is 0.237 e. The van der Waals surface area contributed by atoms with Crippen LogP contribution in [0.15, 0.2) is 30.3 Å². The van der Waals surface area contributed by atoms with E-state index in [4.69, 9.17) is 5.73 Å². The highest BCUT2D eigenvalue weighted by Crippen LogP contribution is 2.31. The number of benzene rings is 1. The van der Waals surface area contributed by atoms with E-state index in [0.717, 1.165) is 25.9 Å². The van der Waals surface area contributed by atoms with Crippen molar-refractivity contribution in [3.63, 3.8) is 0 Å². The zero-order valence-electron chi connectivity index (χ0n) is 14.0. The first-order valence-corrected chi connectivity index (χ1v) is 8.55. The van der Waals surface area contributed by atoms with Gasteiger partial charge in [-0.2, -0.15) is 0 Å². The van der Waals surface area contributed by atoms with Gasteiger partial charge in [-0.15, -0.1) is 24.8 Å². The van der Waals surface area contributed by atoms with Gasteiger partial charge in [-0.05, 0) is 43.7 Å². The van der Waals surface area contributed by atoms with Gasteiger partial charge >= 0.3 is 0 Å². The van der Waals surface area contributed by atoms with Gasteiger partial charge in [0.15, 0.2) is 0 Å². The van der Waals surface area contributed by atoms with Crippen molar-refractivity contribution >= 4 is 30.7 Å². The molecule has 1 aromatic carbocycles. The Morgan fingerprint density at radius 1 is 1.17 bits per heavy atom. The van der Waals surface area contributed by atoms with Crippen LogP contribution in [0.5, 0.6) is 0 Å².